The van der Waals surface area contributed by atoms with E-state index in [0.717, 1.165) is 46.8 Å². The van der Waals surface area contributed by atoms with Gasteiger partial charge in [0.25, 0.3) is 0 Å². The molecule has 45 heavy (non-hydrogen) atoms. The van der Waals surface area contributed by atoms with Gasteiger partial charge in [0.2, 0.25) is 0 Å². The first-order chi connectivity index (χ1) is 20.9. The van der Waals surface area contributed by atoms with Crippen LogP contribution < -0.4 is 0 Å². The molecule has 2 unspecified atom stereocenters. The summed E-state index contributed by atoms with van der Waals surface area (Å²) >= 11 is 23.9. The van der Waals surface area contributed by atoms with Crippen LogP contribution in [0.3, 0.4) is 0 Å². The number of alkyl halides is 8. The zero-order valence-corrected chi connectivity index (χ0v) is 25.4. The molecule has 0 N–H and O–H groups in total. The van der Waals surface area contributed by atoms with Crippen molar-refractivity contribution in [3.05, 3.63) is 92.9 Å². The largest absolute Gasteiger partial charge is 0.424 e. The fourth-order valence-electron chi connectivity index (χ4n) is 4.48. The Morgan fingerprint density at radius 2 is 1.00 bits per heavy atom. The molecule has 0 aliphatic carbocycles. The van der Waals surface area contributed by atoms with Crippen molar-refractivity contribution < 1.29 is 39.9 Å². The quantitative estimate of drug-likeness (QED) is 0.121. The van der Waals surface area contributed by atoms with Gasteiger partial charge in [-0.05, 0) is 35.4 Å². The Kier molecular flexibility index (Phi) is 10.6. The maximum Gasteiger partial charge on any atom is 0.424 e. The second-order valence-corrected chi connectivity index (χ2v) is 11.6. The van der Waals surface area contributed by atoms with Gasteiger partial charge in [-0.15, -0.1) is 0 Å². The minimum atomic E-state index is -6.10. The standard InChI is InChI=1S/C26H20Cl4F8N6O/c27-17-1-3-19(21(29)5-17)15(9-43-13-39-11-41-43)7-23(31,32)25(35,36)45-26(37,38)24(33,34)8-16(10-44-14-40-12-42-44)20-4-2-18(28)6-22(20)30/h1-6,11-16H,7-10H2. The van der Waals surface area contributed by atoms with Crippen LogP contribution >= 0.6 is 46.4 Å². The van der Waals surface area contributed by atoms with E-state index in [9.17, 15) is 17.6 Å². The van der Waals surface area contributed by atoms with Crippen LogP contribution in [-0.4, -0.2) is 53.6 Å². The number of aromatic nitrogens is 6. The average Bonchev–Trinajstić information content (AvgIpc) is 3.61. The predicted molar refractivity (Wildman–Crippen MR) is 149 cm³/mol. The van der Waals surface area contributed by atoms with Crippen LogP contribution in [0.5, 0.6) is 0 Å². The van der Waals surface area contributed by atoms with Gasteiger partial charge >= 0.3 is 24.1 Å². The summed E-state index contributed by atoms with van der Waals surface area (Å²) in [5.41, 5.74) is -0.250. The van der Waals surface area contributed by atoms with Crippen LogP contribution in [-0.2, 0) is 17.8 Å². The number of rotatable bonds is 14. The van der Waals surface area contributed by atoms with E-state index in [4.69, 9.17) is 46.4 Å². The Labute approximate surface area is 270 Å². The first-order valence-electron chi connectivity index (χ1n) is 12.7. The normalized spacial score (nSPS) is 14.5. The van der Waals surface area contributed by atoms with Crippen LogP contribution in [0.4, 0.5) is 35.1 Å². The summed E-state index contributed by atoms with van der Waals surface area (Å²) in [7, 11) is 0. The lowest BCUT2D eigenvalue weighted by molar-refractivity contribution is -0.469. The highest BCUT2D eigenvalue weighted by molar-refractivity contribution is 6.35. The summed E-state index contributed by atoms with van der Waals surface area (Å²) in [6, 6.07) is 7.11. The molecule has 7 nitrogen and oxygen atoms in total. The summed E-state index contributed by atoms with van der Waals surface area (Å²) in [5, 5.41) is 7.23. The highest BCUT2D eigenvalue weighted by Crippen LogP contribution is 2.51. The molecular formula is C26H20Cl4F8N6O. The van der Waals surface area contributed by atoms with Crippen molar-refractivity contribution in [2.24, 2.45) is 0 Å². The highest BCUT2D eigenvalue weighted by atomic mass is 35.5. The molecule has 0 fully saturated rings. The Morgan fingerprint density at radius 3 is 1.31 bits per heavy atom. The van der Waals surface area contributed by atoms with E-state index in [2.05, 4.69) is 24.9 Å². The number of halogens is 12. The second kappa shape index (κ2) is 13.6. The third-order valence-corrected chi connectivity index (χ3v) is 7.79. The van der Waals surface area contributed by atoms with Crippen molar-refractivity contribution in [2.75, 3.05) is 0 Å². The van der Waals surface area contributed by atoms with E-state index < -0.39 is 61.8 Å². The summed E-state index contributed by atoms with van der Waals surface area (Å²) in [4.78, 5) is 7.27. The molecule has 0 aliphatic rings. The summed E-state index contributed by atoms with van der Waals surface area (Å²) < 4.78 is 125. The maximum absolute atomic E-state index is 15.1. The molecule has 0 spiro atoms. The van der Waals surface area contributed by atoms with Crippen LogP contribution in [0, 0.1) is 0 Å². The Morgan fingerprint density at radius 1 is 0.622 bits per heavy atom. The van der Waals surface area contributed by atoms with E-state index in [0.29, 0.717) is 0 Å². The second-order valence-electron chi connectivity index (χ2n) is 9.91. The number of ether oxygens (including phenoxy) is 1. The fourth-order valence-corrected chi connectivity index (χ4v) is 5.61. The molecule has 0 saturated heterocycles. The van der Waals surface area contributed by atoms with Gasteiger partial charge < -0.3 is 0 Å². The molecule has 2 aromatic carbocycles. The average molecular weight is 726 g/mol. The fraction of sp³-hybridized carbons (Fsp3) is 0.385. The Bertz CT molecular complexity index is 1460. The molecule has 2 heterocycles. The molecule has 4 aromatic rings. The van der Waals surface area contributed by atoms with Crippen LogP contribution in [0.15, 0.2) is 61.7 Å². The topological polar surface area (TPSA) is 70.7 Å². The number of benzene rings is 2. The van der Waals surface area contributed by atoms with Gasteiger partial charge in [0, 0.05) is 57.9 Å². The Balaban J connectivity index is 1.59. The Hall–Kier alpha value is -2.72. The van der Waals surface area contributed by atoms with Crippen LogP contribution in [0.25, 0.3) is 0 Å². The monoisotopic (exact) mass is 724 g/mol. The van der Waals surface area contributed by atoms with Crippen LogP contribution in [0.2, 0.25) is 20.1 Å². The number of nitrogens with zero attached hydrogens (tertiary/aromatic N) is 6. The molecule has 0 radical (unpaired) electrons. The van der Waals surface area contributed by atoms with E-state index in [1.165, 1.54) is 24.3 Å². The van der Waals surface area contributed by atoms with E-state index in [1.54, 1.807) is 0 Å². The van der Waals surface area contributed by atoms with Gasteiger partial charge in [-0.3, -0.25) is 9.36 Å². The van der Waals surface area contributed by atoms with Gasteiger partial charge in [-0.25, -0.2) is 14.7 Å². The van der Waals surface area contributed by atoms with Crippen molar-refractivity contribution in [3.8, 4) is 0 Å². The summed E-state index contributed by atoms with van der Waals surface area (Å²) in [6.07, 6.45) is -11.7. The third-order valence-electron chi connectivity index (χ3n) is 6.67. The zero-order valence-electron chi connectivity index (χ0n) is 22.4. The van der Waals surface area contributed by atoms with E-state index >= 15 is 17.6 Å². The molecule has 4 rings (SSSR count). The third kappa shape index (κ3) is 8.36. The smallest absolute Gasteiger partial charge is 0.252 e. The molecule has 0 saturated carbocycles. The van der Waals surface area contributed by atoms with Crippen molar-refractivity contribution in [1.82, 2.24) is 29.5 Å². The minimum absolute atomic E-state index is 0.0903. The minimum Gasteiger partial charge on any atom is -0.252 e. The zero-order chi connectivity index (χ0) is 33.2. The summed E-state index contributed by atoms with van der Waals surface area (Å²) in [6.45, 7) is -1.04. The lowest BCUT2D eigenvalue weighted by Gasteiger charge is -2.35. The molecule has 2 atom stereocenters. The number of hydrogen-bond donors (Lipinski definition) is 0. The van der Waals surface area contributed by atoms with Crippen LogP contribution in [0.1, 0.15) is 35.8 Å². The van der Waals surface area contributed by atoms with E-state index in [1.807, 2.05) is 0 Å². The van der Waals surface area contributed by atoms with Crippen molar-refractivity contribution >= 4 is 46.4 Å². The maximum atomic E-state index is 15.1. The van der Waals surface area contributed by atoms with Gasteiger partial charge in [-0.2, -0.15) is 45.3 Å². The summed E-state index contributed by atoms with van der Waals surface area (Å²) in [5.74, 6) is -14.1. The lowest BCUT2D eigenvalue weighted by Crippen LogP contribution is -2.54. The molecule has 0 aliphatic heterocycles. The molecule has 0 amide bonds. The first-order valence-corrected chi connectivity index (χ1v) is 14.2. The SMILES string of the molecule is FC(F)(CC(Cn1cncn1)c1ccc(Cl)cc1Cl)C(F)(F)OC(F)(F)C(F)(F)CC(Cn1cncn1)c1ccc(Cl)cc1Cl. The van der Waals surface area contributed by atoms with Gasteiger partial charge in [0.15, 0.2) is 0 Å². The molecule has 19 heteroatoms. The molecule has 2 aromatic heterocycles. The first kappa shape index (κ1) is 35.1. The van der Waals surface area contributed by atoms with Crippen molar-refractivity contribution in [3.63, 3.8) is 0 Å². The molecular weight excluding hydrogens is 706 g/mol. The van der Waals surface area contributed by atoms with Gasteiger partial charge in [-0.1, -0.05) is 58.5 Å². The van der Waals surface area contributed by atoms with Gasteiger partial charge in [0.1, 0.15) is 25.3 Å². The van der Waals surface area contributed by atoms with Crippen molar-refractivity contribution in [2.45, 2.75) is 61.8 Å². The molecule has 0 bridgehead atoms. The van der Waals surface area contributed by atoms with Gasteiger partial charge in [0.05, 0.1) is 0 Å². The lowest BCUT2D eigenvalue weighted by atomic mass is 9.91. The number of hydrogen-bond acceptors (Lipinski definition) is 5. The molecule has 244 valence electrons. The van der Waals surface area contributed by atoms with E-state index in [-0.39, 0.29) is 31.2 Å². The van der Waals surface area contributed by atoms with Crippen molar-refractivity contribution in [1.29, 1.82) is 0 Å². The predicted octanol–water partition coefficient (Wildman–Crippen LogP) is 9.00. The highest BCUT2D eigenvalue weighted by Gasteiger charge is 2.69.